The number of nitriles is 1. The summed E-state index contributed by atoms with van der Waals surface area (Å²) in [6, 6.07) is 12.2. The van der Waals surface area contributed by atoms with Crippen LogP contribution in [0.15, 0.2) is 46.4 Å². The molecule has 0 saturated carbocycles. The summed E-state index contributed by atoms with van der Waals surface area (Å²) in [6.07, 6.45) is 4.97. The lowest BCUT2D eigenvalue weighted by molar-refractivity contribution is 0.177. The summed E-state index contributed by atoms with van der Waals surface area (Å²) in [5, 5.41) is 17.4. The first kappa shape index (κ1) is 21.3. The number of rotatable bonds is 8. The van der Waals surface area contributed by atoms with E-state index in [0.29, 0.717) is 41.9 Å². The minimum absolute atomic E-state index is 0.437. The summed E-state index contributed by atoms with van der Waals surface area (Å²) in [4.78, 5) is 2.29. The number of nitrogens with zero attached hydrogens (tertiary/aromatic N) is 4. The molecule has 2 aromatic rings. The van der Waals surface area contributed by atoms with Crippen LogP contribution < -0.4 is 0 Å². The van der Waals surface area contributed by atoms with Gasteiger partial charge in [-0.1, -0.05) is 43.7 Å². The van der Waals surface area contributed by atoms with Gasteiger partial charge in [-0.25, -0.2) is 0 Å². The molecule has 29 heavy (non-hydrogen) atoms. The molecule has 1 aliphatic carbocycles. The van der Waals surface area contributed by atoms with Gasteiger partial charge in [-0.15, -0.1) is 10.2 Å². The van der Waals surface area contributed by atoms with Gasteiger partial charge in [-0.3, -0.25) is 0 Å². The number of allylic oxidation sites excluding steroid dienone is 1. The van der Waals surface area contributed by atoms with Gasteiger partial charge in [0.15, 0.2) is 0 Å². The van der Waals surface area contributed by atoms with Gasteiger partial charge in [0.2, 0.25) is 11.8 Å². The van der Waals surface area contributed by atoms with Crippen molar-refractivity contribution < 1.29 is 4.42 Å². The van der Waals surface area contributed by atoms with Crippen LogP contribution in [0.4, 0.5) is 0 Å². The third kappa shape index (κ3) is 5.55. The van der Waals surface area contributed by atoms with E-state index in [0.717, 1.165) is 31.5 Å². The zero-order valence-corrected chi connectivity index (χ0v) is 18.0. The van der Waals surface area contributed by atoms with E-state index in [9.17, 15) is 0 Å². The molecule has 0 fully saturated rings. The minimum atomic E-state index is 0.437. The van der Waals surface area contributed by atoms with Crippen LogP contribution in [0, 0.1) is 35.0 Å². The Bertz CT molecular complexity index is 849. The fourth-order valence-corrected chi connectivity index (χ4v) is 4.42. The van der Waals surface area contributed by atoms with Crippen LogP contribution in [0.2, 0.25) is 0 Å². The smallest absolute Gasteiger partial charge is 0.247 e. The monoisotopic (exact) mass is 392 g/mol. The highest BCUT2D eigenvalue weighted by molar-refractivity contribution is 5.51. The highest BCUT2D eigenvalue weighted by Crippen LogP contribution is 2.39. The highest BCUT2D eigenvalue weighted by atomic mass is 16.4. The van der Waals surface area contributed by atoms with Crippen molar-refractivity contribution in [3.63, 3.8) is 0 Å². The van der Waals surface area contributed by atoms with Crippen LogP contribution in [0.25, 0.3) is 11.5 Å². The van der Waals surface area contributed by atoms with Gasteiger partial charge in [0.05, 0.1) is 6.07 Å². The van der Waals surface area contributed by atoms with Crippen molar-refractivity contribution in [2.75, 3.05) is 20.1 Å². The van der Waals surface area contributed by atoms with E-state index in [1.54, 1.807) is 0 Å². The normalized spacial score (nSPS) is 22.0. The van der Waals surface area contributed by atoms with Crippen LogP contribution >= 0.6 is 0 Å². The van der Waals surface area contributed by atoms with Crippen LogP contribution in [0.3, 0.4) is 0 Å². The van der Waals surface area contributed by atoms with E-state index in [2.05, 4.69) is 55.1 Å². The quantitative estimate of drug-likeness (QED) is 0.593. The summed E-state index contributed by atoms with van der Waals surface area (Å²) in [7, 11) is 2.12. The summed E-state index contributed by atoms with van der Waals surface area (Å²) in [5.41, 5.74) is 2.38. The second-order valence-electron chi connectivity index (χ2n) is 8.66. The van der Waals surface area contributed by atoms with Gasteiger partial charge in [-0.2, -0.15) is 5.26 Å². The topological polar surface area (TPSA) is 66.0 Å². The van der Waals surface area contributed by atoms with Crippen LogP contribution in [-0.2, 0) is 6.42 Å². The third-order valence-corrected chi connectivity index (χ3v) is 6.12. The summed E-state index contributed by atoms with van der Waals surface area (Å²) >= 11 is 0. The van der Waals surface area contributed by atoms with E-state index in [1.165, 1.54) is 5.57 Å². The van der Waals surface area contributed by atoms with Gasteiger partial charge in [-0.05, 0) is 56.2 Å². The van der Waals surface area contributed by atoms with E-state index >= 15 is 0 Å². The SMILES string of the molecule is CC1=CC(CN(C)CCC#N)C(C(C)C)CC1Cc1nnc(-c2ccccc2)o1. The lowest BCUT2D eigenvalue weighted by Crippen LogP contribution is -2.36. The van der Waals surface area contributed by atoms with E-state index in [-0.39, 0.29) is 0 Å². The summed E-state index contributed by atoms with van der Waals surface area (Å²) < 4.78 is 5.96. The molecule has 0 radical (unpaired) electrons. The first-order chi connectivity index (χ1) is 14.0. The Hall–Kier alpha value is -2.45. The molecule has 154 valence electrons. The molecule has 5 heteroatoms. The zero-order valence-electron chi connectivity index (χ0n) is 18.0. The van der Waals surface area contributed by atoms with Crippen molar-refractivity contribution in [2.45, 2.75) is 40.0 Å². The molecule has 0 bridgehead atoms. The molecule has 0 N–H and O–H groups in total. The van der Waals surface area contributed by atoms with Gasteiger partial charge in [0.1, 0.15) is 0 Å². The Labute approximate surface area is 174 Å². The van der Waals surface area contributed by atoms with Crippen LogP contribution in [0.1, 0.15) is 39.5 Å². The molecule has 3 atom stereocenters. The molecule has 0 amide bonds. The standard InChI is InChI=1S/C24H32N4O/c1-17(2)22-14-20(18(3)13-21(22)16-28(4)12-8-11-25)15-23-26-27-24(29-23)19-9-6-5-7-10-19/h5-7,9-10,13,17,20-22H,8,12,14-16H2,1-4H3. The van der Waals surface area contributed by atoms with Crippen molar-refractivity contribution >= 4 is 0 Å². The van der Waals surface area contributed by atoms with Gasteiger partial charge in [0, 0.05) is 31.5 Å². The molecule has 1 aliphatic rings. The molecule has 0 saturated heterocycles. The lowest BCUT2D eigenvalue weighted by atomic mass is 9.69. The second kappa shape index (κ2) is 9.84. The lowest BCUT2D eigenvalue weighted by Gasteiger charge is -2.38. The Kier molecular flexibility index (Phi) is 7.22. The van der Waals surface area contributed by atoms with E-state index in [4.69, 9.17) is 9.68 Å². The van der Waals surface area contributed by atoms with Crippen molar-refractivity contribution in [1.29, 1.82) is 5.26 Å². The molecule has 0 spiro atoms. The average Bonchev–Trinajstić information content (AvgIpc) is 3.17. The number of benzene rings is 1. The summed E-state index contributed by atoms with van der Waals surface area (Å²) in [5.74, 6) is 3.50. The first-order valence-corrected chi connectivity index (χ1v) is 10.6. The Morgan fingerprint density at radius 1 is 1.24 bits per heavy atom. The van der Waals surface area contributed by atoms with Crippen molar-refractivity contribution in [2.24, 2.45) is 23.7 Å². The molecule has 1 aromatic heterocycles. The molecule has 3 rings (SSSR count). The predicted octanol–water partition coefficient (Wildman–Crippen LogP) is 4.98. The molecular formula is C24H32N4O. The largest absolute Gasteiger partial charge is 0.421 e. The number of hydrogen-bond acceptors (Lipinski definition) is 5. The Morgan fingerprint density at radius 2 is 2.00 bits per heavy atom. The fraction of sp³-hybridized carbons (Fsp3) is 0.542. The van der Waals surface area contributed by atoms with Crippen LogP contribution in [0.5, 0.6) is 0 Å². The molecule has 3 unspecified atom stereocenters. The first-order valence-electron chi connectivity index (χ1n) is 10.6. The Morgan fingerprint density at radius 3 is 2.69 bits per heavy atom. The van der Waals surface area contributed by atoms with Crippen LogP contribution in [-0.4, -0.2) is 35.2 Å². The zero-order chi connectivity index (χ0) is 20.8. The molecule has 0 aliphatic heterocycles. The summed E-state index contributed by atoms with van der Waals surface area (Å²) in [6.45, 7) is 8.71. The van der Waals surface area contributed by atoms with E-state index < -0.39 is 0 Å². The van der Waals surface area contributed by atoms with Gasteiger partial charge >= 0.3 is 0 Å². The maximum absolute atomic E-state index is 8.84. The molecular weight excluding hydrogens is 360 g/mol. The Balaban J connectivity index is 1.70. The maximum Gasteiger partial charge on any atom is 0.247 e. The number of hydrogen-bond donors (Lipinski definition) is 0. The third-order valence-electron chi connectivity index (χ3n) is 6.12. The minimum Gasteiger partial charge on any atom is -0.421 e. The van der Waals surface area contributed by atoms with Gasteiger partial charge in [0.25, 0.3) is 0 Å². The molecule has 1 aromatic carbocycles. The van der Waals surface area contributed by atoms with Gasteiger partial charge < -0.3 is 9.32 Å². The average molecular weight is 393 g/mol. The highest BCUT2D eigenvalue weighted by Gasteiger charge is 2.33. The van der Waals surface area contributed by atoms with Crippen molar-refractivity contribution in [1.82, 2.24) is 15.1 Å². The van der Waals surface area contributed by atoms with E-state index in [1.807, 2.05) is 30.3 Å². The second-order valence-corrected chi connectivity index (χ2v) is 8.66. The molecule has 5 nitrogen and oxygen atoms in total. The number of aromatic nitrogens is 2. The predicted molar refractivity (Wildman–Crippen MR) is 115 cm³/mol. The van der Waals surface area contributed by atoms with Crippen molar-refractivity contribution in [3.05, 3.63) is 47.9 Å². The maximum atomic E-state index is 8.84. The molecule has 1 heterocycles. The fourth-order valence-electron chi connectivity index (χ4n) is 4.42. The van der Waals surface area contributed by atoms with Crippen molar-refractivity contribution in [3.8, 4) is 17.5 Å².